The lowest BCUT2D eigenvalue weighted by Crippen LogP contribution is -2.46. The summed E-state index contributed by atoms with van der Waals surface area (Å²) in [7, 11) is 1.84. The highest BCUT2D eigenvalue weighted by Crippen LogP contribution is 2.31. The van der Waals surface area contributed by atoms with E-state index in [2.05, 4.69) is 6.92 Å². The summed E-state index contributed by atoms with van der Waals surface area (Å²) in [5.74, 6) is -1.13. The van der Waals surface area contributed by atoms with Gasteiger partial charge in [0.2, 0.25) is 0 Å². The van der Waals surface area contributed by atoms with Crippen LogP contribution in [0.1, 0.15) is 38.2 Å². The van der Waals surface area contributed by atoms with E-state index in [1.807, 2.05) is 42.3 Å². The SMILES string of the molecule is C[C@H]1CCCC[C@@H]1N1C(=O)C(=O)N(CN(C)Cc2ccccc2)C1=O. The maximum Gasteiger partial charge on any atom is 0.335 e. The van der Waals surface area contributed by atoms with Crippen LogP contribution < -0.4 is 0 Å². The van der Waals surface area contributed by atoms with Crippen LogP contribution in [-0.4, -0.2) is 52.3 Å². The number of benzene rings is 1. The van der Waals surface area contributed by atoms with Crippen LogP contribution in [0.3, 0.4) is 0 Å². The third kappa shape index (κ3) is 3.58. The fraction of sp³-hybridized carbons (Fsp3) is 0.526. The minimum Gasteiger partial charge on any atom is -0.284 e. The molecule has 1 saturated heterocycles. The largest absolute Gasteiger partial charge is 0.335 e. The lowest BCUT2D eigenvalue weighted by Gasteiger charge is -2.34. The number of amides is 4. The third-order valence-corrected chi connectivity index (χ3v) is 5.16. The molecule has 6 heteroatoms. The topological polar surface area (TPSA) is 60.9 Å². The molecule has 1 saturated carbocycles. The molecule has 0 radical (unpaired) electrons. The summed E-state index contributed by atoms with van der Waals surface area (Å²) in [6, 6.07) is 9.21. The van der Waals surface area contributed by atoms with Crippen molar-refractivity contribution in [3.63, 3.8) is 0 Å². The van der Waals surface area contributed by atoms with Crippen molar-refractivity contribution in [1.29, 1.82) is 0 Å². The van der Waals surface area contributed by atoms with Crippen LogP contribution in [0.5, 0.6) is 0 Å². The van der Waals surface area contributed by atoms with E-state index in [1.54, 1.807) is 0 Å². The normalized spacial score (nSPS) is 24.5. The number of urea groups is 1. The molecule has 2 atom stereocenters. The van der Waals surface area contributed by atoms with Gasteiger partial charge in [-0.1, -0.05) is 50.1 Å². The number of carbonyl (C=O) groups excluding carboxylic acids is 3. The molecule has 1 heterocycles. The molecule has 0 bridgehead atoms. The minimum atomic E-state index is -0.706. The van der Waals surface area contributed by atoms with Crippen LogP contribution in [0, 0.1) is 5.92 Å². The molecule has 4 amide bonds. The smallest absolute Gasteiger partial charge is 0.284 e. The Labute approximate surface area is 148 Å². The first-order chi connectivity index (χ1) is 12.0. The standard InChI is InChI=1S/C19H25N3O3/c1-14-8-6-7-11-16(14)22-18(24)17(23)21(19(22)25)13-20(2)12-15-9-4-3-5-10-15/h3-5,9-10,14,16H,6-8,11-13H2,1-2H3/t14-,16-/m0/s1. The summed E-state index contributed by atoms with van der Waals surface area (Å²) in [5, 5.41) is 0. The second-order valence-electron chi connectivity index (χ2n) is 7.16. The van der Waals surface area contributed by atoms with Gasteiger partial charge in [-0.2, -0.15) is 0 Å². The van der Waals surface area contributed by atoms with E-state index in [0.717, 1.165) is 36.1 Å². The number of imide groups is 2. The highest BCUT2D eigenvalue weighted by Gasteiger charge is 2.49. The Morgan fingerprint density at radius 3 is 2.40 bits per heavy atom. The molecular weight excluding hydrogens is 318 g/mol. The number of hydrogen-bond acceptors (Lipinski definition) is 4. The second-order valence-corrected chi connectivity index (χ2v) is 7.16. The van der Waals surface area contributed by atoms with Gasteiger partial charge in [0.15, 0.2) is 0 Å². The average Bonchev–Trinajstić information content (AvgIpc) is 2.80. The van der Waals surface area contributed by atoms with Gasteiger partial charge in [-0.3, -0.25) is 19.4 Å². The molecular formula is C19H25N3O3. The van der Waals surface area contributed by atoms with Crippen LogP contribution >= 0.6 is 0 Å². The average molecular weight is 343 g/mol. The van der Waals surface area contributed by atoms with E-state index < -0.39 is 17.8 Å². The zero-order valence-electron chi connectivity index (χ0n) is 14.9. The zero-order valence-corrected chi connectivity index (χ0v) is 14.9. The fourth-order valence-corrected chi connectivity index (χ4v) is 3.81. The van der Waals surface area contributed by atoms with Crippen LogP contribution in [0.15, 0.2) is 30.3 Å². The van der Waals surface area contributed by atoms with Gasteiger partial charge in [0.1, 0.15) is 0 Å². The Kier molecular flexibility index (Phi) is 5.18. The molecule has 134 valence electrons. The van der Waals surface area contributed by atoms with Crippen LogP contribution in [0.2, 0.25) is 0 Å². The van der Waals surface area contributed by atoms with E-state index in [0.29, 0.717) is 6.54 Å². The Hall–Kier alpha value is -2.21. The van der Waals surface area contributed by atoms with E-state index >= 15 is 0 Å². The molecule has 6 nitrogen and oxygen atoms in total. The highest BCUT2D eigenvalue weighted by atomic mass is 16.2. The molecule has 1 aliphatic carbocycles. The van der Waals surface area contributed by atoms with E-state index in [9.17, 15) is 14.4 Å². The molecule has 1 aromatic rings. The van der Waals surface area contributed by atoms with Crippen molar-refractivity contribution in [2.75, 3.05) is 13.7 Å². The summed E-state index contributed by atoms with van der Waals surface area (Å²) in [5.41, 5.74) is 1.09. The molecule has 0 N–H and O–H groups in total. The van der Waals surface area contributed by atoms with Gasteiger partial charge in [0.05, 0.1) is 6.67 Å². The second kappa shape index (κ2) is 7.35. The zero-order chi connectivity index (χ0) is 18.0. The van der Waals surface area contributed by atoms with Crippen LogP contribution in [-0.2, 0) is 16.1 Å². The molecule has 1 aromatic carbocycles. The molecule has 1 aliphatic heterocycles. The first-order valence-corrected chi connectivity index (χ1v) is 8.90. The molecule has 0 aromatic heterocycles. The van der Waals surface area contributed by atoms with Gasteiger partial charge >= 0.3 is 17.8 Å². The Morgan fingerprint density at radius 2 is 1.72 bits per heavy atom. The summed E-state index contributed by atoms with van der Waals surface area (Å²) < 4.78 is 0. The molecule has 2 aliphatic rings. The van der Waals surface area contributed by atoms with Gasteiger partial charge < -0.3 is 0 Å². The Bertz CT molecular complexity index is 661. The van der Waals surface area contributed by atoms with Gasteiger partial charge in [-0.25, -0.2) is 9.69 Å². The van der Waals surface area contributed by atoms with Crippen LogP contribution in [0.4, 0.5) is 4.79 Å². The van der Waals surface area contributed by atoms with Crippen molar-refractivity contribution >= 4 is 17.8 Å². The van der Waals surface area contributed by atoms with Crippen molar-refractivity contribution in [2.24, 2.45) is 5.92 Å². The van der Waals surface area contributed by atoms with Crippen molar-refractivity contribution < 1.29 is 14.4 Å². The summed E-state index contributed by atoms with van der Waals surface area (Å²) >= 11 is 0. The van der Waals surface area contributed by atoms with Crippen molar-refractivity contribution in [3.05, 3.63) is 35.9 Å². The van der Waals surface area contributed by atoms with Crippen LogP contribution in [0.25, 0.3) is 0 Å². The minimum absolute atomic E-state index is 0.121. The lowest BCUT2D eigenvalue weighted by molar-refractivity contribution is -0.145. The predicted molar refractivity (Wildman–Crippen MR) is 93.3 cm³/mol. The summed E-state index contributed by atoms with van der Waals surface area (Å²) in [6.07, 6.45) is 3.89. The number of carbonyl (C=O) groups is 3. The number of rotatable bonds is 5. The molecule has 2 fully saturated rings. The molecule has 25 heavy (non-hydrogen) atoms. The van der Waals surface area contributed by atoms with Crippen molar-refractivity contribution in [2.45, 2.75) is 45.2 Å². The van der Waals surface area contributed by atoms with Crippen molar-refractivity contribution in [3.8, 4) is 0 Å². The maximum absolute atomic E-state index is 12.7. The van der Waals surface area contributed by atoms with Gasteiger partial charge in [-0.05, 0) is 31.4 Å². The first-order valence-electron chi connectivity index (χ1n) is 8.90. The number of hydrogen-bond donors (Lipinski definition) is 0. The maximum atomic E-state index is 12.7. The molecule has 0 spiro atoms. The first kappa shape index (κ1) is 17.6. The fourth-order valence-electron chi connectivity index (χ4n) is 3.81. The lowest BCUT2D eigenvalue weighted by atomic mass is 9.85. The Balaban J connectivity index is 1.68. The van der Waals surface area contributed by atoms with E-state index in [4.69, 9.17) is 0 Å². The predicted octanol–water partition coefficient (Wildman–Crippen LogP) is 2.45. The third-order valence-electron chi connectivity index (χ3n) is 5.16. The van der Waals surface area contributed by atoms with Gasteiger partial charge in [0, 0.05) is 12.6 Å². The quantitative estimate of drug-likeness (QED) is 0.609. The molecule has 3 rings (SSSR count). The van der Waals surface area contributed by atoms with Gasteiger partial charge in [-0.15, -0.1) is 0 Å². The van der Waals surface area contributed by atoms with Crippen molar-refractivity contribution in [1.82, 2.24) is 14.7 Å². The summed E-state index contributed by atoms with van der Waals surface area (Å²) in [4.78, 5) is 41.7. The monoisotopic (exact) mass is 343 g/mol. The highest BCUT2D eigenvalue weighted by molar-refractivity contribution is 6.44. The Morgan fingerprint density at radius 1 is 1.04 bits per heavy atom. The number of nitrogens with zero attached hydrogens (tertiary/aromatic N) is 3. The van der Waals surface area contributed by atoms with E-state index in [1.165, 1.54) is 4.90 Å². The van der Waals surface area contributed by atoms with Gasteiger partial charge in [0.25, 0.3) is 0 Å². The molecule has 0 unspecified atom stereocenters. The summed E-state index contributed by atoms with van der Waals surface area (Å²) in [6.45, 7) is 2.78. The van der Waals surface area contributed by atoms with E-state index in [-0.39, 0.29) is 18.6 Å².